The van der Waals surface area contributed by atoms with E-state index in [0.29, 0.717) is 39.4 Å². The van der Waals surface area contributed by atoms with Gasteiger partial charge in [0.1, 0.15) is 56.3 Å². The Labute approximate surface area is 609 Å². The lowest BCUT2D eigenvalue weighted by atomic mass is 9.99. The van der Waals surface area contributed by atoms with E-state index < -0.39 is 216 Å². The predicted octanol–water partition coefficient (Wildman–Crippen LogP) is 0.978. The summed E-state index contributed by atoms with van der Waals surface area (Å²) in [6, 6.07) is 0. The van der Waals surface area contributed by atoms with Gasteiger partial charge in [-0.05, 0) is 38.5 Å². The summed E-state index contributed by atoms with van der Waals surface area (Å²) < 4.78 is 173. The minimum atomic E-state index is -4.87. The Morgan fingerprint density at radius 2 is 0.755 bits per heavy atom. The second-order valence-electron chi connectivity index (χ2n) is 26.6. The van der Waals surface area contributed by atoms with Crippen molar-refractivity contribution < 1.29 is 97.9 Å². The number of halogens is 11. The van der Waals surface area contributed by atoms with Crippen molar-refractivity contribution in [1.82, 2.24) is 76.4 Å². The van der Waals surface area contributed by atoms with E-state index in [1.165, 1.54) is 23.0 Å². The van der Waals surface area contributed by atoms with Crippen LogP contribution in [-0.4, -0.2) is 199 Å². The van der Waals surface area contributed by atoms with Crippen molar-refractivity contribution in [2.75, 3.05) is 29.5 Å². The molecule has 12 heterocycles. The van der Waals surface area contributed by atoms with Crippen LogP contribution in [0.4, 0.5) is 72.1 Å². The summed E-state index contributed by atoms with van der Waals surface area (Å²) >= 11 is 0. The number of nitrogens with two attached hydrogens (primary N) is 4. The van der Waals surface area contributed by atoms with Crippen LogP contribution in [0.3, 0.4) is 0 Å². The van der Waals surface area contributed by atoms with Gasteiger partial charge in [-0.25, -0.2) is 46.2 Å². The Bertz CT molecular complexity index is 5110. The van der Waals surface area contributed by atoms with Crippen LogP contribution in [0.5, 0.6) is 0 Å². The maximum Gasteiger partial charge on any atom is 0.406 e. The number of nitrogens with one attached hydrogen (secondary N) is 4. The Kier molecular flexibility index (Phi) is 26.1. The molecule has 4 fully saturated rings. The first-order valence-electron chi connectivity index (χ1n) is 34.0. The first-order valence-corrected chi connectivity index (χ1v) is 34.0. The number of imidazole rings is 4. The van der Waals surface area contributed by atoms with Gasteiger partial charge in [-0.15, -0.1) is 0 Å². The maximum absolute atomic E-state index is 14.7. The molecule has 0 bridgehead atoms. The number of hydrogen-bond donors (Lipinski definition) is 14. The van der Waals surface area contributed by atoms with Gasteiger partial charge in [-0.1, -0.05) is 55.9 Å². The van der Waals surface area contributed by atoms with Gasteiger partial charge in [0, 0.05) is 24.3 Å². The minimum absolute atomic E-state index is 0. The lowest BCUT2D eigenvalue weighted by Crippen LogP contribution is -2.36. The number of hydrogen-bond acceptors (Lipinski definition) is 26. The highest BCUT2D eigenvalue weighted by Gasteiger charge is 2.51. The average Bonchev–Trinajstić information content (AvgIpc) is 1.60. The topological polar surface area (TPSA) is 553 Å². The summed E-state index contributed by atoms with van der Waals surface area (Å²) in [6.45, 7) is 7.18. The first kappa shape index (κ1) is 86.2. The third-order valence-electron chi connectivity index (χ3n) is 18.8. The van der Waals surface area contributed by atoms with E-state index in [9.17, 15) is 117 Å². The van der Waals surface area contributed by atoms with Crippen molar-refractivity contribution in [3.8, 4) is 0 Å². The molecule has 18 atom stereocenters. The molecule has 8 aromatic rings. The molecule has 0 spiro atoms. The fraction of sp³-hybridized carbons (Fsp3) is 0.672. The second kappa shape index (κ2) is 33.3. The number of aliphatic hydroxyl groups is 6. The summed E-state index contributed by atoms with van der Waals surface area (Å²) in [4.78, 5) is 124. The van der Waals surface area contributed by atoms with Gasteiger partial charge in [0.2, 0.25) is 23.8 Å². The molecule has 0 radical (unpaired) electrons. The summed E-state index contributed by atoms with van der Waals surface area (Å²) in [7, 11) is 0. The highest BCUT2D eigenvalue weighted by molar-refractivity contribution is 5.74. The van der Waals surface area contributed by atoms with Gasteiger partial charge in [0.05, 0.1) is 56.2 Å². The molecule has 38 nitrogen and oxygen atoms in total. The summed E-state index contributed by atoms with van der Waals surface area (Å²) in [5.74, 6) is -2.63. The van der Waals surface area contributed by atoms with Crippen LogP contribution in [0.25, 0.3) is 44.7 Å². The van der Waals surface area contributed by atoms with E-state index >= 15 is 0 Å². The Hall–Kier alpha value is -9.37. The second-order valence-corrected chi connectivity index (χ2v) is 26.6. The molecule has 49 heteroatoms. The van der Waals surface area contributed by atoms with E-state index in [1.807, 2.05) is 18.8 Å². The Morgan fingerprint density at radius 3 is 1.08 bits per heavy atom. The van der Waals surface area contributed by atoms with Crippen molar-refractivity contribution in [2.45, 2.75) is 238 Å². The highest BCUT2D eigenvalue weighted by atomic mass is 19.4. The van der Waals surface area contributed by atoms with Crippen molar-refractivity contribution in [3.05, 3.63) is 83.4 Å². The molecule has 0 saturated carbocycles. The Balaban J connectivity index is 0.000000184. The SMILES string of the molecule is C.CC[C@H](O)[C@@H]1C[C@@H](C)[C@H](n2c(=O)n(CC(F)(F)F)c3c(=O)[nH]c(N)nc32)O1.CC[C@H](O)[C@@H]1C[C@@H](C)[C@H](n2c(=O)n(CCO)c3c(=O)[nH]c(N)nc32)O1.CC[C@H](O)[C@H]1O[C@@H](n2c(=O)n(CC(F)(F)F)c3c(=O)[nH]c(N)nc32)[C@H](O)[C@H]1F.CC[C@H](O)[C@H]1O[C@@H](n2c(=O)n(CCC(F)(F)F)c3c(=O)[nH]c(N)nc32)[C@H](C)[C@H]1F. The van der Waals surface area contributed by atoms with Gasteiger partial charge in [-0.3, -0.25) is 57.4 Å². The van der Waals surface area contributed by atoms with Crippen LogP contribution >= 0.6 is 0 Å². The number of fused-ring (bicyclic) bond motifs is 4. The van der Waals surface area contributed by atoms with E-state index in [1.54, 1.807) is 20.8 Å². The minimum Gasteiger partial charge on any atom is -0.395 e. The number of H-pyrrole nitrogens is 4. The van der Waals surface area contributed by atoms with Crippen molar-refractivity contribution in [1.29, 1.82) is 0 Å². The molecule has 4 aliphatic heterocycles. The number of anilines is 4. The molecule has 4 saturated heterocycles. The van der Waals surface area contributed by atoms with Gasteiger partial charge >= 0.3 is 41.3 Å². The van der Waals surface area contributed by atoms with E-state index in [-0.39, 0.29) is 90.1 Å². The lowest BCUT2D eigenvalue weighted by Gasteiger charge is -2.19. The quantitative estimate of drug-likeness (QED) is 0.0532. The van der Waals surface area contributed by atoms with Crippen LogP contribution in [0.15, 0.2) is 38.4 Å². The third kappa shape index (κ3) is 17.2. The van der Waals surface area contributed by atoms with Gasteiger partial charge in [-0.2, -0.15) is 59.4 Å². The molecule has 0 aromatic carbocycles. The zero-order valence-corrected chi connectivity index (χ0v) is 58.8. The summed E-state index contributed by atoms with van der Waals surface area (Å²) in [5, 5.41) is 59.3. The van der Waals surface area contributed by atoms with E-state index in [2.05, 4.69) is 34.9 Å². The molecule has 12 rings (SSSR count). The van der Waals surface area contributed by atoms with Crippen LogP contribution in [0.2, 0.25) is 0 Å². The molecule has 18 N–H and O–H groups in total. The number of nitrogens with zero attached hydrogens (tertiary/aromatic N) is 12. The van der Waals surface area contributed by atoms with Crippen LogP contribution in [0, 0.1) is 17.8 Å². The average molecular weight is 1600 g/mol. The smallest absolute Gasteiger partial charge is 0.395 e. The number of rotatable bonds is 18. The molecular formula is C61H85F11N20O18. The maximum atomic E-state index is 14.7. The first-order chi connectivity index (χ1) is 50.8. The van der Waals surface area contributed by atoms with E-state index in [4.69, 9.17) is 41.9 Å². The van der Waals surface area contributed by atoms with Crippen LogP contribution in [-0.2, 0) is 45.1 Å². The van der Waals surface area contributed by atoms with Crippen molar-refractivity contribution >= 4 is 68.4 Å². The Morgan fingerprint density at radius 1 is 0.455 bits per heavy atom. The third-order valence-corrected chi connectivity index (χ3v) is 18.8. The molecule has 0 amide bonds. The van der Waals surface area contributed by atoms with Gasteiger partial charge < -0.3 is 72.5 Å². The van der Waals surface area contributed by atoms with Crippen LogP contribution < -0.4 is 67.9 Å². The van der Waals surface area contributed by atoms with Crippen LogP contribution in [0.1, 0.15) is 126 Å². The standard InChI is InChI=1S/C16H21F4N5O4.C15H20F3N5O4.C15H23N5O5.C14H17F4N5O5.CH4/c1-3-7(26)10-8(17)6(2)13(29-10)25-11-9(12(27)23-14(21)22-11)24(15(25)28)5-4-16(18,19)20;1-3-7(24)8-4-6(2)12(27-8)23-10-9(11(25)21-13(19)20-10)22(14(23)26)5-15(16,17)18;1-3-8(22)9-6-7(2)13(25-9)20-11-10(12(23)18-14(16)17-11)19(4-5-21)15(20)24;1-2-4(24)8-5(15)7(25)11(28-8)23-9-6(10(26)21-12(19)20-9)22(13(23)27)3-14(16,17)18;/h6-8,10,13,26H,3-5H2,1-2H3,(H3,21,22,23,27);6-8,12,24H,3-5H2,1-2H3,(H3,19,20,21,25);7-9,13,21-22H,3-6H2,1-2H3,(H3,16,17,18,23);4-5,7-8,11,24-25H,2-3H2,1H3,(H3,19,20,21,26);1H4/t6-,7+,8-,10-,13-;6-,7+,8+,12-;7-,8+,9+,13-;4-,5+,7+,8+,11+;/m1110./s1. The summed E-state index contributed by atoms with van der Waals surface area (Å²) in [6.07, 6.45) is -31.5. The van der Waals surface area contributed by atoms with Gasteiger partial charge in [0.15, 0.2) is 57.1 Å². The molecule has 0 unspecified atom stereocenters. The highest BCUT2D eigenvalue weighted by Crippen LogP contribution is 2.42. The number of ether oxygens (including phenoxy) is 4. The molecule has 4 aliphatic rings. The number of aryl methyl sites for hydroxylation is 1. The fourth-order valence-corrected chi connectivity index (χ4v) is 13.5. The molecule has 110 heavy (non-hydrogen) atoms. The monoisotopic (exact) mass is 1590 g/mol. The summed E-state index contributed by atoms with van der Waals surface area (Å²) in [5.41, 5.74) is 11.8. The number of alkyl halides is 11. The van der Waals surface area contributed by atoms with Gasteiger partial charge in [0.25, 0.3) is 22.2 Å². The number of aromatic amines is 4. The molecule has 0 aliphatic carbocycles. The largest absolute Gasteiger partial charge is 0.406 e. The van der Waals surface area contributed by atoms with Crippen molar-refractivity contribution in [3.63, 3.8) is 0 Å². The number of nitrogen functional groups attached to an aromatic ring is 4. The van der Waals surface area contributed by atoms with Crippen molar-refractivity contribution in [2.24, 2.45) is 17.8 Å². The normalized spacial score (nSPS) is 25.5. The zero-order chi connectivity index (χ0) is 81.0. The fourth-order valence-electron chi connectivity index (χ4n) is 13.5. The number of aromatic nitrogens is 16. The number of aliphatic hydroxyl groups excluding tert-OH is 6. The molecule has 8 aromatic heterocycles. The van der Waals surface area contributed by atoms with E-state index in [0.717, 1.165) is 9.13 Å². The predicted molar refractivity (Wildman–Crippen MR) is 366 cm³/mol. The lowest BCUT2D eigenvalue weighted by molar-refractivity contribution is -0.141. The molecular weight excluding hydrogens is 1510 g/mol. The zero-order valence-electron chi connectivity index (χ0n) is 58.8. The molecule has 614 valence electrons.